The van der Waals surface area contributed by atoms with Crippen molar-refractivity contribution in [2.45, 2.75) is 26.7 Å². The molecule has 12 heavy (non-hydrogen) atoms. The normalized spacial score (nSPS) is 10.7. The molecule has 0 aromatic carbocycles. The number of nitrogens with two attached hydrogens (primary N) is 1. The van der Waals surface area contributed by atoms with Crippen molar-refractivity contribution in [3.8, 4) is 0 Å². The van der Waals surface area contributed by atoms with Crippen molar-refractivity contribution in [1.29, 1.82) is 0 Å². The van der Waals surface area contributed by atoms with Crippen LogP contribution in [0.2, 0.25) is 0 Å². The van der Waals surface area contributed by atoms with E-state index in [0.29, 0.717) is 6.54 Å². The fourth-order valence-corrected chi connectivity index (χ4v) is 1.50. The van der Waals surface area contributed by atoms with Gasteiger partial charge in [0.15, 0.2) is 0 Å². The maximum atomic E-state index is 5.49. The first kappa shape index (κ1) is 9.26. The molecule has 0 spiro atoms. The molecule has 3 heteroatoms. The van der Waals surface area contributed by atoms with Crippen molar-refractivity contribution < 1.29 is 0 Å². The van der Waals surface area contributed by atoms with E-state index in [1.807, 2.05) is 6.92 Å². The largest absolute Gasteiger partial charge is 0.335 e. The van der Waals surface area contributed by atoms with Crippen LogP contribution in [0.25, 0.3) is 0 Å². The SMILES string of the molecule is CCc1c(CCN)nc(C)n1C. The number of rotatable bonds is 3. The average molecular weight is 167 g/mol. The van der Waals surface area contributed by atoms with E-state index >= 15 is 0 Å². The number of imidazole rings is 1. The molecule has 2 N–H and O–H groups in total. The highest BCUT2D eigenvalue weighted by atomic mass is 15.1. The van der Waals surface area contributed by atoms with Gasteiger partial charge >= 0.3 is 0 Å². The quantitative estimate of drug-likeness (QED) is 0.723. The molecular weight excluding hydrogens is 150 g/mol. The predicted molar refractivity (Wildman–Crippen MR) is 50.1 cm³/mol. The molecule has 0 radical (unpaired) electrons. The second-order valence-corrected chi connectivity index (χ2v) is 3.00. The van der Waals surface area contributed by atoms with Crippen LogP contribution in [0.1, 0.15) is 24.1 Å². The molecule has 0 atom stereocenters. The lowest BCUT2D eigenvalue weighted by atomic mass is 10.2. The minimum atomic E-state index is 0.684. The first-order chi connectivity index (χ1) is 5.70. The van der Waals surface area contributed by atoms with E-state index in [1.54, 1.807) is 0 Å². The van der Waals surface area contributed by atoms with E-state index in [2.05, 4.69) is 23.5 Å². The summed E-state index contributed by atoms with van der Waals surface area (Å²) >= 11 is 0. The third-order valence-electron chi connectivity index (χ3n) is 2.24. The fourth-order valence-electron chi connectivity index (χ4n) is 1.50. The number of aromatic nitrogens is 2. The van der Waals surface area contributed by atoms with Gasteiger partial charge in [-0.1, -0.05) is 6.92 Å². The standard InChI is InChI=1S/C9H17N3/c1-4-9-8(5-6-10)11-7(2)12(9)3/h4-6,10H2,1-3H3. The molecular formula is C9H17N3. The second-order valence-electron chi connectivity index (χ2n) is 3.00. The zero-order valence-corrected chi connectivity index (χ0v) is 8.09. The summed E-state index contributed by atoms with van der Waals surface area (Å²) in [7, 11) is 2.06. The maximum Gasteiger partial charge on any atom is 0.105 e. The molecule has 1 rings (SSSR count). The summed E-state index contributed by atoms with van der Waals surface area (Å²) in [6.07, 6.45) is 1.93. The first-order valence-corrected chi connectivity index (χ1v) is 4.41. The van der Waals surface area contributed by atoms with Crippen LogP contribution in [0.5, 0.6) is 0 Å². The van der Waals surface area contributed by atoms with Gasteiger partial charge in [-0.05, 0) is 19.9 Å². The summed E-state index contributed by atoms with van der Waals surface area (Å²) < 4.78 is 2.14. The van der Waals surface area contributed by atoms with Gasteiger partial charge in [0.1, 0.15) is 5.82 Å². The average Bonchev–Trinajstić information content (AvgIpc) is 2.29. The summed E-state index contributed by atoms with van der Waals surface area (Å²) in [4.78, 5) is 4.45. The second kappa shape index (κ2) is 3.72. The molecule has 0 aliphatic rings. The monoisotopic (exact) mass is 167 g/mol. The van der Waals surface area contributed by atoms with E-state index < -0.39 is 0 Å². The molecule has 0 amide bonds. The summed E-state index contributed by atoms with van der Waals surface area (Å²) in [6, 6.07) is 0. The van der Waals surface area contributed by atoms with Crippen molar-refractivity contribution >= 4 is 0 Å². The van der Waals surface area contributed by atoms with E-state index in [9.17, 15) is 0 Å². The van der Waals surface area contributed by atoms with Gasteiger partial charge in [-0.25, -0.2) is 4.98 Å². The molecule has 1 aromatic heterocycles. The molecule has 0 unspecified atom stereocenters. The first-order valence-electron chi connectivity index (χ1n) is 4.41. The van der Waals surface area contributed by atoms with Crippen LogP contribution in [0.3, 0.4) is 0 Å². The zero-order valence-electron chi connectivity index (χ0n) is 8.09. The third kappa shape index (κ3) is 1.50. The maximum absolute atomic E-state index is 5.49. The van der Waals surface area contributed by atoms with E-state index in [4.69, 9.17) is 5.73 Å². The van der Waals surface area contributed by atoms with Gasteiger partial charge in [-0.2, -0.15) is 0 Å². The van der Waals surface area contributed by atoms with Crippen LogP contribution < -0.4 is 5.73 Å². The van der Waals surface area contributed by atoms with E-state index in [-0.39, 0.29) is 0 Å². The lowest BCUT2D eigenvalue weighted by Crippen LogP contribution is -2.06. The van der Waals surface area contributed by atoms with Crippen molar-refractivity contribution in [2.24, 2.45) is 12.8 Å². The van der Waals surface area contributed by atoms with Gasteiger partial charge < -0.3 is 10.3 Å². The predicted octanol–water partition coefficient (Wildman–Crippen LogP) is 0.792. The van der Waals surface area contributed by atoms with Crippen LogP contribution in [-0.2, 0) is 19.9 Å². The summed E-state index contributed by atoms with van der Waals surface area (Å²) in [5, 5.41) is 0. The molecule has 0 saturated heterocycles. The molecule has 68 valence electrons. The summed E-state index contributed by atoms with van der Waals surface area (Å²) in [5.41, 5.74) is 7.98. The van der Waals surface area contributed by atoms with Gasteiger partial charge in [-0.3, -0.25) is 0 Å². The number of aryl methyl sites for hydroxylation is 1. The zero-order chi connectivity index (χ0) is 9.14. The van der Waals surface area contributed by atoms with Crippen LogP contribution in [0.15, 0.2) is 0 Å². The fraction of sp³-hybridized carbons (Fsp3) is 0.667. The molecule has 0 fully saturated rings. The molecule has 0 saturated carbocycles. The Hall–Kier alpha value is -0.830. The lowest BCUT2D eigenvalue weighted by molar-refractivity contribution is 0.790. The van der Waals surface area contributed by atoms with Crippen molar-refractivity contribution in [2.75, 3.05) is 6.54 Å². The van der Waals surface area contributed by atoms with Gasteiger partial charge in [0.2, 0.25) is 0 Å². The Balaban J connectivity index is 3.02. The van der Waals surface area contributed by atoms with Crippen LogP contribution in [0.4, 0.5) is 0 Å². The molecule has 0 bridgehead atoms. The molecule has 3 nitrogen and oxygen atoms in total. The molecule has 0 aliphatic heterocycles. The topological polar surface area (TPSA) is 43.8 Å². The summed E-state index contributed by atoms with van der Waals surface area (Å²) in [5.74, 6) is 1.08. The van der Waals surface area contributed by atoms with Gasteiger partial charge in [0.25, 0.3) is 0 Å². The molecule has 0 aliphatic carbocycles. The van der Waals surface area contributed by atoms with Crippen molar-refractivity contribution in [1.82, 2.24) is 9.55 Å². The Morgan fingerprint density at radius 1 is 1.50 bits per heavy atom. The van der Waals surface area contributed by atoms with E-state index in [1.165, 1.54) is 11.4 Å². The minimum absolute atomic E-state index is 0.684. The van der Waals surface area contributed by atoms with Crippen molar-refractivity contribution in [3.63, 3.8) is 0 Å². The smallest absolute Gasteiger partial charge is 0.105 e. The van der Waals surface area contributed by atoms with Crippen LogP contribution in [-0.4, -0.2) is 16.1 Å². The highest BCUT2D eigenvalue weighted by Crippen LogP contribution is 2.10. The van der Waals surface area contributed by atoms with Crippen LogP contribution in [0, 0.1) is 6.92 Å². The number of nitrogens with zero attached hydrogens (tertiary/aromatic N) is 2. The highest BCUT2D eigenvalue weighted by molar-refractivity contribution is 5.16. The van der Waals surface area contributed by atoms with Gasteiger partial charge in [-0.15, -0.1) is 0 Å². The molecule has 1 aromatic rings. The third-order valence-corrected chi connectivity index (χ3v) is 2.24. The lowest BCUT2D eigenvalue weighted by Gasteiger charge is -2.01. The summed E-state index contributed by atoms with van der Waals surface area (Å²) in [6.45, 7) is 4.86. The van der Waals surface area contributed by atoms with E-state index in [0.717, 1.165) is 18.7 Å². The minimum Gasteiger partial charge on any atom is -0.335 e. The Labute approximate surface area is 73.6 Å². The van der Waals surface area contributed by atoms with Crippen LogP contribution >= 0.6 is 0 Å². The number of hydrogen-bond donors (Lipinski definition) is 1. The Morgan fingerprint density at radius 2 is 2.17 bits per heavy atom. The highest BCUT2D eigenvalue weighted by Gasteiger charge is 2.08. The Kier molecular flexibility index (Phi) is 2.87. The molecule has 1 heterocycles. The Morgan fingerprint density at radius 3 is 2.67 bits per heavy atom. The Bertz CT molecular complexity index is 263. The van der Waals surface area contributed by atoms with Crippen molar-refractivity contribution in [3.05, 3.63) is 17.2 Å². The van der Waals surface area contributed by atoms with Gasteiger partial charge in [0, 0.05) is 19.2 Å². The number of hydrogen-bond acceptors (Lipinski definition) is 2. The van der Waals surface area contributed by atoms with Gasteiger partial charge in [0.05, 0.1) is 5.69 Å².